The van der Waals surface area contributed by atoms with E-state index in [0.717, 1.165) is 47.0 Å². The van der Waals surface area contributed by atoms with Crippen molar-refractivity contribution in [2.45, 2.75) is 73.9 Å². The first-order valence-corrected chi connectivity index (χ1v) is 20.3. The van der Waals surface area contributed by atoms with Crippen molar-refractivity contribution in [2.75, 3.05) is 0 Å². The van der Waals surface area contributed by atoms with Crippen LogP contribution in [0.2, 0.25) is 0 Å². The highest BCUT2D eigenvalue weighted by molar-refractivity contribution is 5.75. The summed E-state index contributed by atoms with van der Waals surface area (Å²) in [5, 5.41) is 0. The quantitative estimate of drug-likeness (QED) is 0.168. The van der Waals surface area contributed by atoms with Crippen LogP contribution in [0.1, 0.15) is 75.6 Å². The molecule has 6 heteroatoms. The third-order valence-electron chi connectivity index (χ3n) is 11.8. The van der Waals surface area contributed by atoms with Crippen molar-refractivity contribution < 1.29 is 19.2 Å². The van der Waals surface area contributed by atoms with Gasteiger partial charge in [0.05, 0.1) is 33.8 Å². The predicted octanol–water partition coefficient (Wildman–Crippen LogP) is 10.2. The van der Waals surface area contributed by atoms with Crippen molar-refractivity contribution in [3.63, 3.8) is 0 Å². The van der Waals surface area contributed by atoms with E-state index in [1.807, 2.05) is 30.6 Å². The van der Waals surface area contributed by atoms with E-state index in [2.05, 4.69) is 156 Å². The lowest BCUT2D eigenvalue weighted by atomic mass is 9.96. The van der Waals surface area contributed by atoms with Gasteiger partial charge in [-0.15, -0.1) is 0 Å². The molecule has 290 valence electrons. The topological polar surface area (TPSA) is 50.3 Å². The number of fused-ring (bicyclic) bond motifs is 9. The van der Waals surface area contributed by atoms with Gasteiger partial charge < -0.3 is 0 Å². The molecular weight excluding hydrogens is 721 g/mol. The highest BCUT2D eigenvalue weighted by atomic mass is 15.0. The SMILES string of the molecule is Cc1ccccc1-c1ccc2[n+](c1)Cc1cc(-c3c(C)cccc3C)nc(C)c1-2.Cc1nccc2c1-c1cccc[n+]1C2.[2H]C([2H])([2H])C([2H])(C)c1cc2c(cn1)-c1cccc[n+]1C2. The average Bonchev–Trinajstić information content (AvgIpc) is 3.95. The van der Waals surface area contributed by atoms with Crippen LogP contribution in [0.5, 0.6) is 0 Å². The van der Waals surface area contributed by atoms with E-state index < -0.39 is 12.7 Å². The van der Waals surface area contributed by atoms with Crippen LogP contribution in [0.15, 0.2) is 140 Å². The Kier molecular flexibility index (Phi) is 8.81. The van der Waals surface area contributed by atoms with Crippen LogP contribution >= 0.6 is 0 Å². The van der Waals surface area contributed by atoms with Crippen molar-refractivity contribution in [1.29, 1.82) is 0 Å². The molecule has 1 unspecified atom stereocenters. The van der Waals surface area contributed by atoms with Crippen LogP contribution in [0.25, 0.3) is 56.2 Å². The smallest absolute Gasteiger partial charge is 0.215 e. The minimum absolute atomic E-state index is 0.296. The maximum atomic E-state index is 8.11. The van der Waals surface area contributed by atoms with Crippen LogP contribution in [-0.4, -0.2) is 15.0 Å². The number of hydrogen-bond donors (Lipinski definition) is 0. The molecule has 0 spiro atoms. The van der Waals surface area contributed by atoms with Gasteiger partial charge in [-0.05, 0) is 99.2 Å². The Morgan fingerprint density at radius 3 is 2.02 bits per heavy atom. The highest BCUT2D eigenvalue weighted by Crippen LogP contribution is 2.36. The lowest BCUT2D eigenvalue weighted by Gasteiger charge is -2.11. The van der Waals surface area contributed by atoms with E-state index >= 15 is 0 Å². The summed E-state index contributed by atoms with van der Waals surface area (Å²) in [6.07, 6.45) is 9.96. The summed E-state index contributed by atoms with van der Waals surface area (Å²) in [5.41, 5.74) is 22.3. The molecule has 0 N–H and O–H groups in total. The third-order valence-corrected chi connectivity index (χ3v) is 11.8. The molecule has 0 bridgehead atoms. The number of pyridine rings is 6. The Bertz CT molecular complexity index is 3060. The molecule has 0 saturated heterocycles. The highest BCUT2D eigenvalue weighted by Gasteiger charge is 2.31. The summed E-state index contributed by atoms with van der Waals surface area (Å²) >= 11 is 0. The summed E-state index contributed by atoms with van der Waals surface area (Å²) < 4.78 is 37.3. The number of benzene rings is 2. The van der Waals surface area contributed by atoms with Gasteiger partial charge in [0.15, 0.2) is 38.2 Å². The fourth-order valence-electron chi connectivity index (χ4n) is 8.93. The third kappa shape index (κ3) is 7.14. The van der Waals surface area contributed by atoms with Gasteiger partial charge in [-0.25, -0.2) is 0 Å². The van der Waals surface area contributed by atoms with E-state index in [9.17, 15) is 0 Å². The van der Waals surface area contributed by atoms with Crippen LogP contribution < -0.4 is 13.7 Å². The van der Waals surface area contributed by atoms with Gasteiger partial charge in [0, 0.05) is 81.7 Å². The standard InChI is InChI=1S/C27H25N2.C14H15N2.C12H11N2/c1-17-8-5-6-11-23(17)21-12-13-25-27-20(4)28-24(14-22(27)16-29(25)15-21)26-18(2)9-7-10-19(26)3;1-10(2)13-7-11-9-16-6-4-3-5-14(16)12(11)8-15-13;1-9-12-10(5-6-13-9)8-14-7-3-2-4-11(12)14/h5-15H,16H2,1-4H3;3-8,10H,9H2,1-2H3;2-7H,8H2,1H3/q3*+1/i;1D3,10D;. The molecule has 59 heavy (non-hydrogen) atoms. The van der Waals surface area contributed by atoms with Gasteiger partial charge >= 0.3 is 0 Å². The summed E-state index contributed by atoms with van der Waals surface area (Å²) in [6, 6.07) is 37.9. The lowest BCUT2D eigenvalue weighted by molar-refractivity contribution is -0.672. The van der Waals surface area contributed by atoms with E-state index in [0.29, 0.717) is 12.2 Å². The second-order valence-electron chi connectivity index (χ2n) is 15.8. The second kappa shape index (κ2) is 15.6. The van der Waals surface area contributed by atoms with Gasteiger partial charge in [0.2, 0.25) is 17.1 Å². The predicted molar refractivity (Wildman–Crippen MR) is 236 cm³/mol. The molecule has 11 rings (SSSR count). The second-order valence-corrected chi connectivity index (χ2v) is 15.8. The zero-order chi connectivity index (χ0) is 44.2. The summed E-state index contributed by atoms with van der Waals surface area (Å²) in [5.74, 6) is -1.69. The molecule has 0 fully saturated rings. The van der Waals surface area contributed by atoms with Crippen LogP contribution in [0.3, 0.4) is 0 Å². The summed E-state index contributed by atoms with van der Waals surface area (Å²) in [4.78, 5) is 13.6. The molecule has 0 amide bonds. The molecule has 6 aromatic heterocycles. The van der Waals surface area contributed by atoms with Gasteiger partial charge in [-0.2, -0.15) is 13.7 Å². The van der Waals surface area contributed by atoms with Crippen LogP contribution in [0, 0.1) is 34.6 Å². The van der Waals surface area contributed by atoms with Crippen molar-refractivity contribution in [2.24, 2.45) is 0 Å². The van der Waals surface area contributed by atoms with E-state index in [1.165, 1.54) is 73.9 Å². The first-order chi connectivity index (χ1) is 30.2. The molecule has 9 heterocycles. The number of nitrogens with zero attached hydrogens (tertiary/aromatic N) is 6. The first kappa shape index (κ1) is 33.3. The normalized spacial score (nSPS) is 14.5. The molecule has 0 radical (unpaired) electrons. The average molecular weight is 776 g/mol. The van der Waals surface area contributed by atoms with Gasteiger partial charge in [0.1, 0.15) is 0 Å². The maximum absolute atomic E-state index is 8.11. The molecule has 6 nitrogen and oxygen atoms in total. The minimum Gasteiger partial charge on any atom is -0.261 e. The van der Waals surface area contributed by atoms with Gasteiger partial charge in [0.25, 0.3) is 0 Å². The van der Waals surface area contributed by atoms with Crippen molar-refractivity contribution in [3.8, 4) is 56.2 Å². The van der Waals surface area contributed by atoms with Crippen molar-refractivity contribution in [1.82, 2.24) is 15.0 Å². The largest absolute Gasteiger partial charge is 0.261 e. The van der Waals surface area contributed by atoms with E-state index in [-0.39, 0.29) is 0 Å². The Hall–Kier alpha value is -6.66. The molecule has 3 aliphatic heterocycles. The molecule has 3 aliphatic rings. The molecule has 8 aromatic rings. The van der Waals surface area contributed by atoms with Gasteiger partial charge in [-0.3, -0.25) is 15.0 Å². The molecule has 1 atom stereocenters. The maximum Gasteiger partial charge on any atom is 0.215 e. The zero-order valence-electron chi connectivity index (χ0n) is 38.6. The van der Waals surface area contributed by atoms with Crippen molar-refractivity contribution in [3.05, 3.63) is 191 Å². The van der Waals surface area contributed by atoms with E-state index in [4.69, 9.17) is 10.5 Å². The van der Waals surface area contributed by atoms with Crippen LogP contribution in [0.4, 0.5) is 0 Å². The number of aryl methyl sites for hydroxylation is 5. The van der Waals surface area contributed by atoms with Gasteiger partial charge in [-0.1, -0.05) is 56.2 Å². The number of hydrogen-bond acceptors (Lipinski definition) is 3. The Labute approximate surface area is 353 Å². The zero-order valence-corrected chi connectivity index (χ0v) is 34.6. The van der Waals surface area contributed by atoms with Crippen LogP contribution in [-0.2, 0) is 19.6 Å². The van der Waals surface area contributed by atoms with E-state index in [1.54, 1.807) is 12.3 Å². The molecule has 0 saturated carbocycles. The summed E-state index contributed by atoms with van der Waals surface area (Å²) in [7, 11) is 0. The fraction of sp³-hybridized carbons (Fsp3) is 0.208. The first-order valence-electron chi connectivity index (χ1n) is 22.3. The molecular formula is C53H51N6+3. The number of rotatable bonds is 3. The molecule has 2 aromatic carbocycles. The lowest BCUT2D eigenvalue weighted by Crippen LogP contribution is -2.32. The Balaban J connectivity index is 0.000000128. The monoisotopic (exact) mass is 775 g/mol. The summed E-state index contributed by atoms with van der Waals surface area (Å²) in [6.45, 7) is 12.3. The Morgan fingerprint density at radius 2 is 1.24 bits per heavy atom. The fourth-order valence-corrected chi connectivity index (χ4v) is 8.93. The molecule has 0 aliphatic carbocycles. The minimum atomic E-state index is -2.40. The number of aromatic nitrogens is 6. The Morgan fingerprint density at radius 1 is 0.576 bits per heavy atom. The van der Waals surface area contributed by atoms with Crippen molar-refractivity contribution >= 4 is 0 Å².